The van der Waals surface area contributed by atoms with Crippen molar-refractivity contribution in [3.8, 4) is 11.8 Å². The molecule has 0 aliphatic carbocycles. The van der Waals surface area contributed by atoms with E-state index in [1.54, 1.807) is 13.2 Å². The van der Waals surface area contributed by atoms with Gasteiger partial charge in [0.25, 0.3) is 0 Å². The van der Waals surface area contributed by atoms with Gasteiger partial charge in [-0.15, -0.1) is 0 Å². The second-order valence-corrected chi connectivity index (χ2v) is 3.58. The summed E-state index contributed by atoms with van der Waals surface area (Å²) in [5.41, 5.74) is 0.753. The number of carbonyl (C=O) groups is 1. The van der Waals surface area contributed by atoms with E-state index < -0.39 is 5.92 Å². The first-order chi connectivity index (χ1) is 8.22. The van der Waals surface area contributed by atoms with Gasteiger partial charge in [-0.2, -0.15) is 5.26 Å². The van der Waals surface area contributed by atoms with Crippen LogP contribution in [0.5, 0.6) is 5.75 Å². The molecule has 1 N–H and O–H groups in total. The van der Waals surface area contributed by atoms with Crippen LogP contribution in [0.4, 0.5) is 0 Å². The smallest absolute Gasteiger partial charge is 0.221 e. The number of hydrogen-bond acceptors (Lipinski definition) is 3. The van der Waals surface area contributed by atoms with Crippen molar-refractivity contribution in [1.82, 2.24) is 5.32 Å². The quantitative estimate of drug-likeness (QED) is 0.842. The van der Waals surface area contributed by atoms with Crippen molar-refractivity contribution in [2.45, 2.75) is 19.3 Å². The van der Waals surface area contributed by atoms with Gasteiger partial charge in [0.05, 0.1) is 19.1 Å². The number of benzene rings is 1. The molecule has 0 fully saturated rings. The van der Waals surface area contributed by atoms with Gasteiger partial charge in [0, 0.05) is 18.5 Å². The summed E-state index contributed by atoms with van der Waals surface area (Å²) in [5.74, 6) is 0.0472. The van der Waals surface area contributed by atoms with E-state index >= 15 is 0 Å². The topological polar surface area (TPSA) is 62.1 Å². The largest absolute Gasteiger partial charge is 0.496 e. The number of nitrogens with zero attached hydrogens (tertiary/aromatic N) is 1. The number of methoxy groups -OCH3 is 1. The van der Waals surface area contributed by atoms with Gasteiger partial charge < -0.3 is 10.1 Å². The molecule has 0 aromatic heterocycles. The summed E-state index contributed by atoms with van der Waals surface area (Å²) in [7, 11) is 1.55. The van der Waals surface area contributed by atoms with Crippen molar-refractivity contribution >= 4 is 5.91 Å². The summed E-state index contributed by atoms with van der Waals surface area (Å²) in [6, 6.07) is 9.41. The van der Waals surface area contributed by atoms with Crippen molar-refractivity contribution in [1.29, 1.82) is 5.26 Å². The average molecular weight is 232 g/mol. The maximum Gasteiger partial charge on any atom is 0.221 e. The first-order valence-electron chi connectivity index (χ1n) is 5.52. The third-order valence-electron chi connectivity index (χ3n) is 2.43. The second kappa shape index (κ2) is 6.54. The van der Waals surface area contributed by atoms with Gasteiger partial charge in [0.15, 0.2) is 0 Å². The molecule has 17 heavy (non-hydrogen) atoms. The SMILES string of the molecule is CCNC(=O)CC(C#N)c1ccccc1OC. The van der Waals surface area contributed by atoms with Crippen LogP contribution in [0, 0.1) is 11.3 Å². The molecule has 0 aliphatic heterocycles. The second-order valence-electron chi connectivity index (χ2n) is 3.58. The van der Waals surface area contributed by atoms with Crippen molar-refractivity contribution in [3.63, 3.8) is 0 Å². The maximum absolute atomic E-state index is 11.5. The highest BCUT2D eigenvalue weighted by atomic mass is 16.5. The molecule has 1 amide bonds. The lowest BCUT2D eigenvalue weighted by atomic mass is 9.96. The Labute approximate surface area is 101 Å². The fraction of sp³-hybridized carbons (Fsp3) is 0.385. The minimum Gasteiger partial charge on any atom is -0.496 e. The predicted octanol–water partition coefficient (Wildman–Crippen LogP) is 1.83. The summed E-state index contributed by atoms with van der Waals surface area (Å²) < 4.78 is 5.19. The molecular weight excluding hydrogens is 216 g/mol. The number of amides is 1. The van der Waals surface area contributed by atoms with Crippen LogP contribution in [-0.4, -0.2) is 19.6 Å². The number of hydrogen-bond donors (Lipinski definition) is 1. The van der Waals surface area contributed by atoms with E-state index in [1.165, 1.54) is 0 Å². The highest BCUT2D eigenvalue weighted by molar-refractivity contribution is 5.77. The fourth-order valence-electron chi connectivity index (χ4n) is 1.63. The number of para-hydroxylation sites is 1. The molecule has 90 valence electrons. The summed E-state index contributed by atoms with van der Waals surface area (Å²) in [6.07, 6.45) is 0.157. The minimum absolute atomic E-state index is 0.120. The molecule has 0 radical (unpaired) electrons. The monoisotopic (exact) mass is 232 g/mol. The van der Waals surface area contributed by atoms with Gasteiger partial charge in [-0.05, 0) is 13.0 Å². The Bertz CT molecular complexity index is 424. The average Bonchev–Trinajstić information content (AvgIpc) is 2.36. The third-order valence-corrected chi connectivity index (χ3v) is 2.43. The zero-order valence-corrected chi connectivity index (χ0v) is 10.1. The summed E-state index contributed by atoms with van der Waals surface area (Å²) in [5, 5.41) is 11.8. The Balaban J connectivity index is 2.87. The molecule has 0 spiro atoms. The molecule has 0 heterocycles. The van der Waals surface area contributed by atoms with Crippen LogP contribution in [0.1, 0.15) is 24.8 Å². The fourth-order valence-corrected chi connectivity index (χ4v) is 1.63. The Morgan fingerprint density at radius 2 is 2.24 bits per heavy atom. The minimum atomic E-state index is -0.474. The number of rotatable bonds is 5. The number of ether oxygens (including phenoxy) is 1. The first-order valence-corrected chi connectivity index (χ1v) is 5.52. The predicted molar refractivity (Wildman–Crippen MR) is 64.6 cm³/mol. The Hall–Kier alpha value is -2.02. The van der Waals surface area contributed by atoms with Crippen LogP contribution in [0.2, 0.25) is 0 Å². The molecular formula is C13H16N2O2. The highest BCUT2D eigenvalue weighted by Gasteiger charge is 2.18. The highest BCUT2D eigenvalue weighted by Crippen LogP contribution is 2.28. The Kier molecular flexibility index (Phi) is 5.02. The van der Waals surface area contributed by atoms with E-state index in [0.717, 1.165) is 5.56 Å². The van der Waals surface area contributed by atoms with Crippen LogP contribution in [-0.2, 0) is 4.79 Å². The van der Waals surface area contributed by atoms with Gasteiger partial charge in [-0.25, -0.2) is 0 Å². The molecule has 4 nitrogen and oxygen atoms in total. The van der Waals surface area contributed by atoms with Gasteiger partial charge in [-0.3, -0.25) is 4.79 Å². The molecule has 0 bridgehead atoms. The van der Waals surface area contributed by atoms with Crippen molar-refractivity contribution in [2.24, 2.45) is 0 Å². The molecule has 0 aliphatic rings. The van der Waals surface area contributed by atoms with Crippen LogP contribution < -0.4 is 10.1 Å². The van der Waals surface area contributed by atoms with E-state index in [4.69, 9.17) is 10.00 Å². The third kappa shape index (κ3) is 3.49. The summed E-state index contributed by atoms with van der Waals surface area (Å²) >= 11 is 0. The zero-order valence-electron chi connectivity index (χ0n) is 10.1. The molecule has 1 atom stereocenters. The number of nitriles is 1. The molecule has 1 aromatic carbocycles. The normalized spacial score (nSPS) is 11.4. The molecule has 4 heteroatoms. The number of nitrogens with one attached hydrogen (secondary N) is 1. The van der Waals surface area contributed by atoms with Crippen molar-refractivity contribution in [2.75, 3.05) is 13.7 Å². The van der Waals surface area contributed by atoms with E-state index in [2.05, 4.69) is 11.4 Å². The van der Waals surface area contributed by atoms with Crippen LogP contribution in [0.25, 0.3) is 0 Å². The van der Waals surface area contributed by atoms with Gasteiger partial charge in [0.2, 0.25) is 5.91 Å². The van der Waals surface area contributed by atoms with E-state index in [1.807, 2.05) is 25.1 Å². The molecule has 1 rings (SSSR count). The van der Waals surface area contributed by atoms with Gasteiger partial charge in [-0.1, -0.05) is 18.2 Å². The number of carbonyl (C=O) groups excluding carboxylic acids is 1. The zero-order chi connectivity index (χ0) is 12.7. The van der Waals surface area contributed by atoms with E-state index in [-0.39, 0.29) is 12.3 Å². The molecule has 1 aromatic rings. The lowest BCUT2D eigenvalue weighted by Crippen LogP contribution is -2.24. The standard InChI is InChI=1S/C13H16N2O2/c1-3-15-13(16)8-10(9-14)11-6-4-5-7-12(11)17-2/h4-7,10H,3,8H2,1-2H3,(H,15,16). The molecule has 1 unspecified atom stereocenters. The van der Waals surface area contributed by atoms with Gasteiger partial charge in [0.1, 0.15) is 5.75 Å². The van der Waals surface area contributed by atoms with Crippen molar-refractivity contribution in [3.05, 3.63) is 29.8 Å². The molecule has 0 saturated heterocycles. The van der Waals surface area contributed by atoms with Gasteiger partial charge >= 0.3 is 0 Å². The molecule has 0 saturated carbocycles. The lowest BCUT2D eigenvalue weighted by molar-refractivity contribution is -0.121. The van der Waals surface area contributed by atoms with E-state index in [9.17, 15) is 4.79 Å². The first kappa shape index (κ1) is 13.0. The summed E-state index contributed by atoms with van der Waals surface area (Å²) in [6.45, 7) is 2.42. The summed E-state index contributed by atoms with van der Waals surface area (Å²) in [4.78, 5) is 11.5. The van der Waals surface area contributed by atoms with E-state index in [0.29, 0.717) is 12.3 Å². The maximum atomic E-state index is 11.5. The van der Waals surface area contributed by atoms with Crippen LogP contribution >= 0.6 is 0 Å². The lowest BCUT2D eigenvalue weighted by Gasteiger charge is -2.13. The van der Waals surface area contributed by atoms with Crippen LogP contribution in [0.15, 0.2) is 24.3 Å². The Morgan fingerprint density at radius 1 is 1.53 bits per heavy atom. The Morgan fingerprint density at radius 3 is 2.82 bits per heavy atom. The van der Waals surface area contributed by atoms with Crippen molar-refractivity contribution < 1.29 is 9.53 Å². The van der Waals surface area contributed by atoms with Crippen LogP contribution in [0.3, 0.4) is 0 Å².